The summed E-state index contributed by atoms with van der Waals surface area (Å²) >= 11 is 6.34. The summed E-state index contributed by atoms with van der Waals surface area (Å²) in [6.07, 6.45) is -3.16. The highest BCUT2D eigenvalue weighted by atomic mass is 32.1. The molecule has 38 heavy (non-hydrogen) atoms. The first kappa shape index (κ1) is 25.4. The van der Waals surface area contributed by atoms with E-state index < -0.39 is 23.7 Å². The van der Waals surface area contributed by atoms with Crippen LogP contribution < -0.4 is 15.0 Å². The molecule has 0 saturated carbocycles. The van der Waals surface area contributed by atoms with Gasteiger partial charge in [0.2, 0.25) is 0 Å². The van der Waals surface area contributed by atoms with Gasteiger partial charge in [0.15, 0.2) is 5.11 Å². The summed E-state index contributed by atoms with van der Waals surface area (Å²) in [6, 6.07) is 19.9. The van der Waals surface area contributed by atoms with Crippen LogP contribution in [0.1, 0.15) is 10.6 Å². The van der Waals surface area contributed by atoms with E-state index in [4.69, 9.17) is 17.0 Å². The number of hydrogen-bond acceptors (Lipinski definition) is 6. The maximum absolute atomic E-state index is 13.3. The predicted molar refractivity (Wildman–Crippen MR) is 141 cm³/mol. The molecule has 2 amide bonds. The number of nitrogens with zero attached hydrogens (tertiary/aromatic N) is 3. The van der Waals surface area contributed by atoms with Gasteiger partial charge >= 0.3 is 6.18 Å². The maximum atomic E-state index is 13.3. The number of carbonyl (C=O) groups is 2. The number of rotatable bonds is 5. The van der Waals surface area contributed by atoms with Crippen molar-refractivity contribution in [2.75, 3.05) is 4.90 Å². The smallest absolute Gasteiger partial charge is 0.433 e. The molecule has 0 bridgehead atoms. The van der Waals surface area contributed by atoms with E-state index in [0.717, 1.165) is 22.1 Å². The number of halogens is 3. The van der Waals surface area contributed by atoms with Crippen LogP contribution in [0.15, 0.2) is 78.4 Å². The Labute approximate surface area is 223 Å². The molecule has 2 aromatic carbocycles. The third-order valence-corrected chi connectivity index (χ3v) is 6.85. The van der Waals surface area contributed by atoms with Gasteiger partial charge in [-0.2, -0.15) is 18.3 Å². The number of hydrogen-bond donors (Lipinski definition) is 1. The molecule has 7 nitrogen and oxygen atoms in total. The molecule has 2 aromatic heterocycles. The Morgan fingerprint density at radius 3 is 2.34 bits per heavy atom. The molecule has 1 saturated heterocycles. The SMILES string of the molecule is Cn1nc(-c2ccc(C=C3C(=O)NC(=S)N(c4ccc(Oc5ccccc5)cc4)C3=O)s2)cc1C(F)(F)F. The zero-order valence-electron chi connectivity index (χ0n) is 19.5. The summed E-state index contributed by atoms with van der Waals surface area (Å²) in [4.78, 5) is 28.1. The molecular formula is C26H17F3N4O3S2. The molecule has 0 unspecified atom stereocenters. The number of thiophene rings is 1. The lowest BCUT2D eigenvalue weighted by Crippen LogP contribution is -2.54. The van der Waals surface area contributed by atoms with E-state index >= 15 is 0 Å². The second-order valence-electron chi connectivity index (χ2n) is 8.11. The third kappa shape index (κ3) is 5.08. The van der Waals surface area contributed by atoms with Crippen LogP contribution in [0.2, 0.25) is 0 Å². The van der Waals surface area contributed by atoms with Crippen LogP contribution in [-0.4, -0.2) is 26.7 Å². The van der Waals surface area contributed by atoms with Crippen molar-refractivity contribution in [2.45, 2.75) is 6.18 Å². The molecule has 192 valence electrons. The van der Waals surface area contributed by atoms with E-state index in [1.807, 2.05) is 30.3 Å². The van der Waals surface area contributed by atoms with Crippen molar-refractivity contribution >= 4 is 52.2 Å². The topological polar surface area (TPSA) is 76.5 Å². The van der Waals surface area contributed by atoms with Gasteiger partial charge < -0.3 is 4.74 Å². The number of alkyl halides is 3. The summed E-state index contributed by atoms with van der Waals surface area (Å²) in [5, 5.41) is 6.37. The van der Waals surface area contributed by atoms with Gasteiger partial charge in [-0.25, -0.2) is 0 Å². The predicted octanol–water partition coefficient (Wildman–Crippen LogP) is 5.79. The van der Waals surface area contributed by atoms with Crippen LogP contribution in [0.5, 0.6) is 11.5 Å². The number of benzene rings is 2. The standard InChI is InChI=1S/C26H17F3N4O3S2/c1-32-22(26(27,28)29)14-20(31-32)21-12-11-18(38-21)13-19-23(34)30-25(37)33(24(19)35)15-7-9-17(10-8-15)36-16-5-3-2-4-6-16/h2-14H,1H3,(H,30,34,37). The molecule has 1 N–H and O–H groups in total. The number of aromatic nitrogens is 2. The van der Waals surface area contributed by atoms with Gasteiger partial charge in [0.1, 0.15) is 28.5 Å². The van der Waals surface area contributed by atoms with Crippen molar-refractivity contribution in [2.24, 2.45) is 7.05 Å². The molecule has 1 aliphatic heterocycles. The van der Waals surface area contributed by atoms with Gasteiger partial charge in [-0.15, -0.1) is 11.3 Å². The Balaban J connectivity index is 1.38. The highest BCUT2D eigenvalue weighted by Gasteiger charge is 2.36. The second kappa shape index (κ2) is 9.88. The summed E-state index contributed by atoms with van der Waals surface area (Å²) in [5.41, 5.74) is -0.499. The summed E-state index contributed by atoms with van der Waals surface area (Å²) in [6.45, 7) is 0. The Morgan fingerprint density at radius 1 is 1.00 bits per heavy atom. The number of thiocarbonyl (C=S) groups is 1. The van der Waals surface area contributed by atoms with Crippen LogP contribution in [0.3, 0.4) is 0 Å². The van der Waals surface area contributed by atoms with Gasteiger partial charge in [-0.3, -0.25) is 24.5 Å². The third-order valence-electron chi connectivity index (χ3n) is 5.51. The van der Waals surface area contributed by atoms with Crippen molar-refractivity contribution in [3.8, 4) is 22.1 Å². The molecule has 0 radical (unpaired) electrons. The monoisotopic (exact) mass is 554 g/mol. The molecule has 5 rings (SSSR count). The van der Waals surface area contributed by atoms with Crippen molar-refractivity contribution in [3.05, 3.63) is 88.9 Å². The van der Waals surface area contributed by atoms with E-state index in [1.54, 1.807) is 36.4 Å². The Hall–Kier alpha value is -4.29. The lowest BCUT2D eigenvalue weighted by molar-refractivity contribution is -0.143. The highest BCUT2D eigenvalue weighted by molar-refractivity contribution is 7.80. The molecule has 4 aromatic rings. The summed E-state index contributed by atoms with van der Waals surface area (Å²) in [7, 11) is 1.21. The van der Waals surface area contributed by atoms with Gasteiger partial charge in [-0.05, 0) is 72.9 Å². The first-order valence-corrected chi connectivity index (χ1v) is 12.3. The van der Waals surface area contributed by atoms with Crippen LogP contribution in [-0.2, 0) is 22.8 Å². The summed E-state index contributed by atoms with van der Waals surface area (Å²) in [5.74, 6) is -0.113. The minimum absolute atomic E-state index is 0.0751. The number of carbonyl (C=O) groups excluding carboxylic acids is 2. The molecule has 3 heterocycles. The van der Waals surface area contributed by atoms with Gasteiger partial charge in [0, 0.05) is 11.9 Å². The Kier molecular flexibility index (Phi) is 6.59. The van der Waals surface area contributed by atoms with E-state index in [2.05, 4.69) is 10.4 Å². The van der Waals surface area contributed by atoms with Crippen LogP contribution in [0.25, 0.3) is 16.6 Å². The maximum Gasteiger partial charge on any atom is 0.433 e. The fraction of sp³-hybridized carbons (Fsp3) is 0.0769. The van der Waals surface area contributed by atoms with Gasteiger partial charge in [-0.1, -0.05) is 18.2 Å². The van der Waals surface area contributed by atoms with Gasteiger partial charge in [0.25, 0.3) is 11.8 Å². The number of anilines is 1. The lowest BCUT2D eigenvalue weighted by atomic mass is 10.1. The quantitative estimate of drug-likeness (QED) is 0.192. The zero-order chi connectivity index (χ0) is 27.0. The van der Waals surface area contributed by atoms with Gasteiger partial charge in [0.05, 0.1) is 10.6 Å². The summed E-state index contributed by atoms with van der Waals surface area (Å²) < 4.78 is 45.9. The highest BCUT2D eigenvalue weighted by Crippen LogP contribution is 2.35. The largest absolute Gasteiger partial charge is 0.457 e. The second-order valence-corrected chi connectivity index (χ2v) is 9.61. The van der Waals surface area contributed by atoms with E-state index in [9.17, 15) is 22.8 Å². The van der Waals surface area contributed by atoms with Crippen LogP contribution in [0, 0.1) is 0 Å². The van der Waals surface area contributed by atoms with E-state index in [-0.39, 0.29) is 16.4 Å². The minimum Gasteiger partial charge on any atom is -0.457 e. The average Bonchev–Trinajstić information content (AvgIpc) is 3.50. The fourth-order valence-corrected chi connectivity index (χ4v) is 4.93. The molecule has 12 heteroatoms. The minimum atomic E-state index is -4.54. The van der Waals surface area contributed by atoms with Crippen molar-refractivity contribution in [1.82, 2.24) is 15.1 Å². The Morgan fingerprint density at radius 2 is 1.68 bits per heavy atom. The number of nitrogens with one attached hydrogen (secondary N) is 1. The molecule has 1 fully saturated rings. The molecule has 0 spiro atoms. The average molecular weight is 555 g/mol. The number of amides is 2. The Bertz CT molecular complexity index is 1580. The first-order chi connectivity index (χ1) is 18.1. The van der Waals surface area contributed by atoms with Crippen molar-refractivity contribution in [1.29, 1.82) is 0 Å². The fourth-order valence-electron chi connectivity index (χ4n) is 3.74. The molecule has 0 aliphatic carbocycles. The normalized spacial score (nSPS) is 15.2. The number of ether oxygens (including phenoxy) is 1. The zero-order valence-corrected chi connectivity index (χ0v) is 21.2. The van der Waals surface area contributed by atoms with Crippen LogP contribution >= 0.6 is 23.6 Å². The molecule has 0 atom stereocenters. The lowest BCUT2D eigenvalue weighted by Gasteiger charge is -2.28. The number of aryl methyl sites for hydroxylation is 1. The number of para-hydroxylation sites is 1. The van der Waals surface area contributed by atoms with Crippen LogP contribution in [0.4, 0.5) is 18.9 Å². The van der Waals surface area contributed by atoms with Crippen molar-refractivity contribution < 1.29 is 27.5 Å². The van der Waals surface area contributed by atoms with Crippen molar-refractivity contribution in [3.63, 3.8) is 0 Å². The molecule has 1 aliphatic rings. The van der Waals surface area contributed by atoms with E-state index in [0.29, 0.717) is 26.9 Å². The molecular weight excluding hydrogens is 537 g/mol. The van der Waals surface area contributed by atoms with E-state index in [1.165, 1.54) is 18.0 Å². The first-order valence-electron chi connectivity index (χ1n) is 11.1.